The van der Waals surface area contributed by atoms with E-state index in [0.717, 1.165) is 47.6 Å². The molecule has 0 radical (unpaired) electrons. The van der Waals surface area contributed by atoms with E-state index >= 15 is 0 Å². The monoisotopic (exact) mass is 437 g/mol. The maximum atomic E-state index is 13.4. The zero-order chi connectivity index (χ0) is 23.4. The molecule has 2 heterocycles. The average molecular weight is 438 g/mol. The number of rotatable bonds is 7. The number of H-pyrrole nitrogens is 1. The molecule has 0 spiro atoms. The van der Waals surface area contributed by atoms with Gasteiger partial charge in [-0.1, -0.05) is 6.08 Å². The summed E-state index contributed by atoms with van der Waals surface area (Å²) in [5.41, 5.74) is 12.8. The molecule has 3 rings (SSSR count). The van der Waals surface area contributed by atoms with Gasteiger partial charge in [-0.25, -0.2) is 0 Å². The second-order valence-corrected chi connectivity index (χ2v) is 8.88. The van der Waals surface area contributed by atoms with Crippen LogP contribution in [0.2, 0.25) is 0 Å². The van der Waals surface area contributed by atoms with E-state index in [0.29, 0.717) is 11.1 Å². The predicted octanol–water partition coefficient (Wildman–Crippen LogP) is 3.14. The predicted molar refractivity (Wildman–Crippen MR) is 131 cm³/mol. The van der Waals surface area contributed by atoms with Crippen molar-refractivity contribution in [3.8, 4) is 0 Å². The van der Waals surface area contributed by atoms with Crippen LogP contribution in [0.1, 0.15) is 71.5 Å². The Morgan fingerprint density at radius 2 is 1.94 bits per heavy atom. The third-order valence-corrected chi connectivity index (χ3v) is 5.68. The van der Waals surface area contributed by atoms with Gasteiger partial charge in [0.25, 0.3) is 11.5 Å². The number of aryl methyl sites for hydroxylation is 2. The molecular weight excluding hydrogens is 402 g/mol. The fraction of sp³-hybridized carbons (Fsp3) is 0.440. The van der Waals surface area contributed by atoms with Crippen LogP contribution in [0.4, 0.5) is 5.69 Å². The SMILES string of the molecule is Cc1cc(C)c(CNC(=O)c2cc(C3=CCNCC3)cc(NC(C)C)c2C(C)N)c(=O)[nH]1. The second kappa shape index (κ2) is 10.1. The second-order valence-electron chi connectivity index (χ2n) is 8.88. The van der Waals surface area contributed by atoms with Crippen molar-refractivity contribution in [1.82, 2.24) is 15.6 Å². The molecule has 0 saturated carbocycles. The number of carbonyl (C=O) groups excluding carboxylic acids is 1. The summed E-state index contributed by atoms with van der Waals surface area (Å²) in [4.78, 5) is 28.5. The van der Waals surface area contributed by atoms with E-state index < -0.39 is 0 Å². The number of carbonyl (C=O) groups is 1. The van der Waals surface area contributed by atoms with E-state index in [9.17, 15) is 9.59 Å². The van der Waals surface area contributed by atoms with Gasteiger partial charge in [-0.2, -0.15) is 0 Å². The summed E-state index contributed by atoms with van der Waals surface area (Å²) in [5, 5.41) is 9.75. The molecule has 1 aliphatic rings. The molecule has 1 amide bonds. The summed E-state index contributed by atoms with van der Waals surface area (Å²) in [6, 6.07) is 5.79. The summed E-state index contributed by atoms with van der Waals surface area (Å²) in [5.74, 6) is -0.236. The van der Waals surface area contributed by atoms with Gasteiger partial charge in [-0.05, 0) is 82.5 Å². The molecule has 6 N–H and O–H groups in total. The number of pyridine rings is 1. The van der Waals surface area contributed by atoms with E-state index in [1.807, 2.05) is 32.9 Å². The Balaban J connectivity index is 2.01. The topological polar surface area (TPSA) is 112 Å². The molecule has 1 unspecified atom stereocenters. The number of nitrogens with one attached hydrogen (secondary N) is 4. The summed E-state index contributed by atoms with van der Waals surface area (Å²) in [6.07, 6.45) is 3.07. The first-order chi connectivity index (χ1) is 15.2. The first kappa shape index (κ1) is 23.8. The molecule has 0 bridgehead atoms. The summed E-state index contributed by atoms with van der Waals surface area (Å²) in [6.45, 7) is 11.6. The highest BCUT2D eigenvalue weighted by molar-refractivity contribution is 5.98. The lowest BCUT2D eigenvalue weighted by Gasteiger charge is -2.24. The van der Waals surface area contributed by atoms with Crippen molar-refractivity contribution < 1.29 is 4.79 Å². The Morgan fingerprint density at radius 1 is 1.19 bits per heavy atom. The minimum atomic E-state index is -0.336. The van der Waals surface area contributed by atoms with Gasteiger partial charge in [0.1, 0.15) is 0 Å². The van der Waals surface area contributed by atoms with Gasteiger partial charge in [0.15, 0.2) is 0 Å². The van der Waals surface area contributed by atoms with Gasteiger partial charge in [0.05, 0.1) is 0 Å². The van der Waals surface area contributed by atoms with Gasteiger partial charge in [-0.15, -0.1) is 0 Å². The average Bonchev–Trinajstić information content (AvgIpc) is 2.72. The normalized spacial score (nSPS) is 14.8. The quantitative estimate of drug-likeness (QED) is 0.457. The smallest absolute Gasteiger partial charge is 0.253 e. The number of aromatic nitrogens is 1. The van der Waals surface area contributed by atoms with Crippen molar-refractivity contribution in [1.29, 1.82) is 0 Å². The first-order valence-corrected chi connectivity index (χ1v) is 11.2. The van der Waals surface area contributed by atoms with Crippen molar-refractivity contribution in [2.24, 2.45) is 5.73 Å². The Morgan fingerprint density at radius 3 is 2.53 bits per heavy atom. The lowest BCUT2D eigenvalue weighted by atomic mass is 9.91. The highest BCUT2D eigenvalue weighted by Crippen LogP contribution is 2.32. The molecule has 0 saturated heterocycles. The number of aromatic amines is 1. The Labute approximate surface area is 189 Å². The van der Waals surface area contributed by atoms with Crippen molar-refractivity contribution in [2.45, 2.75) is 59.7 Å². The lowest BCUT2D eigenvalue weighted by Crippen LogP contribution is -2.30. The number of anilines is 1. The molecule has 2 aromatic rings. The highest BCUT2D eigenvalue weighted by atomic mass is 16.1. The van der Waals surface area contributed by atoms with Crippen molar-refractivity contribution in [3.05, 3.63) is 68.1 Å². The fourth-order valence-electron chi connectivity index (χ4n) is 4.20. The molecule has 1 aliphatic heterocycles. The molecular formula is C25H35N5O2. The summed E-state index contributed by atoms with van der Waals surface area (Å²) < 4.78 is 0. The molecule has 1 aromatic carbocycles. The summed E-state index contributed by atoms with van der Waals surface area (Å²) in [7, 11) is 0. The van der Waals surface area contributed by atoms with Crippen LogP contribution in [0, 0.1) is 13.8 Å². The van der Waals surface area contributed by atoms with Crippen molar-refractivity contribution in [2.75, 3.05) is 18.4 Å². The number of hydrogen-bond acceptors (Lipinski definition) is 5. The maximum Gasteiger partial charge on any atom is 0.253 e. The van der Waals surface area contributed by atoms with Gasteiger partial charge in [-0.3, -0.25) is 9.59 Å². The molecule has 32 heavy (non-hydrogen) atoms. The van der Waals surface area contributed by atoms with Crippen LogP contribution >= 0.6 is 0 Å². The molecule has 1 atom stereocenters. The zero-order valence-corrected chi connectivity index (χ0v) is 19.7. The standard InChI is InChI=1S/C25H35N5O2/c1-14(2)29-22-12-19(18-6-8-27-9-7-18)11-20(23(22)17(5)26)24(31)28-13-21-15(3)10-16(4)30-25(21)32/h6,10-12,14,17,27,29H,7-9,13,26H2,1-5H3,(H,28,31)(H,30,32). The maximum absolute atomic E-state index is 13.4. The van der Waals surface area contributed by atoms with Gasteiger partial charge in [0.2, 0.25) is 0 Å². The molecule has 172 valence electrons. The highest BCUT2D eigenvalue weighted by Gasteiger charge is 2.22. The number of hydrogen-bond donors (Lipinski definition) is 5. The Kier molecular flexibility index (Phi) is 7.53. The lowest BCUT2D eigenvalue weighted by molar-refractivity contribution is 0.0949. The van der Waals surface area contributed by atoms with Crippen LogP contribution in [0.15, 0.2) is 29.1 Å². The molecule has 0 fully saturated rings. The number of nitrogens with two attached hydrogens (primary N) is 1. The number of benzene rings is 1. The summed E-state index contributed by atoms with van der Waals surface area (Å²) >= 11 is 0. The third-order valence-electron chi connectivity index (χ3n) is 5.68. The molecule has 7 nitrogen and oxygen atoms in total. The Bertz CT molecular complexity index is 1080. The van der Waals surface area contributed by atoms with E-state index in [-0.39, 0.29) is 30.1 Å². The minimum absolute atomic E-state index is 0.155. The largest absolute Gasteiger partial charge is 0.383 e. The van der Waals surface area contributed by atoms with Crippen LogP contribution < -0.4 is 27.2 Å². The van der Waals surface area contributed by atoms with Crippen molar-refractivity contribution >= 4 is 17.2 Å². The van der Waals surface area contributed by atoms with E-state index in [1.165, 1.54) is 5.57 Å². The fourth-order valence-corrected chi connectivity index (χ4v) is 4.20. The van der Waals surface area contributed by atoms with Crippen LogP contribution in [0.3, 0.4) is 0 Å². The van der Waals surface area contributed by atoms with Gasteiger partial charge >= 0.3 is 0 Å². The Hall–Kier alpha value is -2.90. The third kappa shape index (κ3) is 5.47. The minimum Gasteiger partial charge on any atom is -0.383 e. The van der Waals surface area contributed by atoms with Crippen LogP contribution in [0.25, 0.3) is 5.57 Å². The van der Waals surface area contributed by atoms with E-state index in [1.54, 1.807) is 0 Å². The molecule has 0 aliphatic carbocycles. The van der Waals surface area contributed by atoms with E-state index in [2.05, 4.69) is 46.9 Å². The van der Waals surface area contributed by atoms with Crippen molar-refractivity contribution in [3.63, 3.8) is 0 Å². The molecule has 1 aromatic heterocycles. The zero-order valence-electron chi connectivity index (χ0n) is 19.7. The number of amides is 1. The molecule has 7 heteroatoms. The van der Waals surface area contributed by atoms with E-state index in [4.69, 9.17) is 5.73 Å². The van der Waals surface area contributed by atoms with Crippen LogP contribution in [-0.4, -0.2) is 30.0 Å². The first-order valence-electron chi connectivity index (χ1n) is 11.2. The van der Waals surface area contributed by atoms with Gasteiger partial charge in [0, 0.05) is 53.2 Å². The van der Waals surface area contributed by atoms with Crippen LogP contribution in [0.5, 0.6) is 0 Å². The van der Waals surface area contributed by atoms with Gasteiger partial charge < -0.3 is 26.7 Å². The van der Waals surface area contributed by atoms with Crippen LogP contribution in [-0.2, 0) is 6.54 Å².